The van der Waals surface area contributed by atoms with Crippen molar-refractivity contribution in [1.29, 1.82) is 0 Å². The van der Waals surface area contributed by atoms with E-state index in [0.717, 1.165) is 82.1 Å². The topological polar surface area (TPSA) is 79.3 Å². The molecule has 1 saturated heterocycles. The number of carbonyl (C=O) groups is 2. The standard InChI is InChI=1S/C40H52N2O5/c1-3-22-41-23-21-40-31-19-20-32(39(40)47-38-35(46-27(2)43)25-34(44)30(37(38)40)24-33(31)41)42(26-29-16-10-5-11-17-29)36(45)18-12-6-9-15-28-13-7-4-8-14-28/h3-4,7-8,13-14,25,29,31-33,39,44H,1,5-6,9-12,15-24,26H2,2H3/t31-,32-,33+,39-,40-/m0/s1. The van der Waals surface area contributed by atoms with Crippen molar-refractivity contribution < 1.29 is 24.2 Å². The third kappa shape index (κ3) is 5.98. The van der Waals surface area contributed by atoms with Crippen LogP contribution in [0.3, 0.4) is 0 Å². The van der Waals surface area contributed by atoms with Gasteiger partial charge in [0.25, 0.3) is 0 Å². The zero-order chi connectivity index (χ0) is 32.5. The third-order valence-electron chi connectivity index (χ3n) is 12.2. The highest BCUT2D eigenvalue weighted by Crippen LogP contribution is 2.65. The number of amides is 1. The number of piperidine rings is 1. The Balaban J connectivity index is 1.19. The van der Waals surface area contributed by atoms with E-state index in [1.165, 1.54) is 44.6 Å². The number of esters is 1. The van der Waals surface area contributed by atoms with Gasteiger partial charge < -0.3 is 19.5 Å². The molecule has 2 heterocycles. The van der Waals surface area contributed by atoms with E-state index in [1.807, 2.05) is 6.08 Å². The number of hydrogen-bond acceptors (Lipinski definition) is 6. The molecule has 2 aromatic rings. The normalized spacial score (nSPS) is 27.9. The van der Waals surface area contributed by atoms with Gasteiger partial charge in [-0.15, -0.1) is 6.58 Å². The molecular weight excluding hydrogens is 588 g/mol. The minimum atomic E-state index is -0.430. The minimum absolute atomic E-state index is 0.0535. The van der Waals surface area contributed by atoms with Gasteiger partial charge in [0.15, 0.2) is 11.5 Å². The molecule has 5 aliphatic rings. The van der Waals surface area contributed by atoms with Crippen molar-refractivity contribution in [2.75, 3.05) is 19.6 Å². The second-order valence-corrected chi connectivity index (χ2v) is 14.9. The number of unbranched alkanes of at least 4 members (excludes halogenated alkanes) is 2. The fourth-order valence-corrected chi connectivity index (χ4v) is 10.2. The van der Waals surface area contributed by atoms with Crippen molar-refractivity contribution in [2.24, 2.45) is 11.8 Å². The summed E-state index contributed by atoms with van der Waals surface area (Å²) in [6.07, 6.45) is 16.0. The second kappa shape index (κ2) is 13.7. The lowest BCUT2D eigenvalue weighted by atomic mass is 9.50. The maximum absolute atomic E-state index is 14.4. The lowest BCUT2D eigenvalue weighted by Crippen LogP contribution is -2.69. The van der Waals surface area contributed by atoms with Gasteiger partial charge in [-0.3, -0.25) is 14.5 Å². The molecule has 0 radical (unpaired) electrons. The summed E-state index contributed by atoms with van der Waals surface area (Å²) in [6, 6.07) is 12.4. The van der Waals surface area contributed by atoms with Crippen LogP contribution in [0.2, 0.25) is 0 Å². The number of nitrogens with zero attached hydrogens (tertiary/aromatic N) is 2. The van der Waals surface area contributed by atoms with E-state index in [1.54, 1.807) is 6.07 Å². The molecule has 7 heteroatoms. The Morgan fingerprint density at radius 2 is 1.91 bits per heavy atom. The molecule has 1 spiro atoms. The molecule has 2 bridgehead atoms. The molecule has 252 valence electrons. The van der Waals surface area contributed by atoms with Crippen molar-refractivity contribution in [1.82, 2.24) is 9.80 Å². The number of phenols is 1. The molecule has 2 saturated carbocycles. The minimum Gasteiger partial charge on any atom is -0.508 e. The molecule has 47 heavy (non-hydrogen) atoms. The van der Waals surface area contributed by atoms with Crippen LogP contribution in [0.15, 0.2) is 49.1 Å². The zero-order valence-electron chi connectivity index (χ0n) is 28.1. The predicted octanol–water partition coefficient (Wildman–Crippen LogP) is 7.12. The van der Waals surface area contributed by atoms with Crippen molar-refractivity contribution in [3.05, 3.63) is 65.7 Å². The van der Waals surface area contributed by atoms with Crippen molar-refractivity contribution >= 4 is 11.9 Å². The molecule has 0 unspecified atom stereocenters. The molecule has 2 aromatic carbocycles. The van der Waals surface area contributed by atoms with E-state index < -0.39 is 5.97 Å². The quantitative estimate of drug-likeness (QED) is 0.115. The molecule has 7 rings (SSSR count). The fraction of sp³-hybridized carbons (Fsp3) is 0.600. The SMILES string of the molecule is C=CCN1CC[C@]23c4c5c(O)cc(OC(C)=O)c4O[C@H]2[C@@H](N(CC2CCCCC2)C(=O)CCCCCc2ccccc2)CC[C@H]3[C@H]1C5. The molecule has 1 N–H and O–H groups in total. The first-order chi connectivity index (χ1) is 22.9. The highest BCUT2D eigenvalue weighted by atomic mass is 16.6. The Kier molecular flexibility index (Phi) is 9.37. The maximum atomic E-state index is 14.4. The molecule has 5 atom stereocenters. The van der Waals surface area contributed by atoms with Crippen LogP contribution in [-0.2, 0) is 27.8 Å². The monoisotopic (exact) mass is 640 g/mol. The lowest BCUT2D eigenvalue weighted by molar-refractivity contribution is -0.144. The van der Waals surface area contributed by atoms with Gasteiger partial charge in [0.05, 0.1) is 6.04 Å². The summed E-state index contributed by atoms with van der Waals surface area (Å²) in [5.74, 6) is 1.80. The average molecular weight is 641 g/mol. The molecule has 3 fully saturated rings. The molecule has 3 aliphatic carbocycles. The predicted molar refractivity (Wildman–Crippen MR) is 183 cm³/mol. The third-order valence-corrected chi connectivity index (χ3v) is 12.2. The maximum Gasteiger partial charge on any atom is 0.308 e. The number of likely N-dealkylation sites (tertiary alicyclic amines) is 1. The number of hydrogen-bond donors (Lipinski definition) is 1. The van der Waals surface area contributed by atoms with Gasteiger partial charge in [-0.1, -0.05) is 62.1 Å². The second-order valence-electron chi connectivity index (χ2n) is 14.9. The van der Waals surface area contributed by atoms with Gasteiger partial charge in [0, 0.05) is 55.1 Å². The fourth-order valence-electron chi connectivity index (χ4n) is 10.2. The number of rotatable bonds is 12. The number of aryl methyl sites for hydroxylation is 1. The Morgan fingerprint density at radius 3 is 2.68 bits per heavy atom. The first-order valence-electron chi connectivity index (χ1n) is 18.3. The van der Waals surface area contributed by atoms with Crippen LogP contribution in [0.5, 0.6) is 17.2 Å². The molecule has 1 amide bonds. The van der Waals surface area contributed by atoms with Crippen LogP contribution in [0.25, 0.3) is 0 Å². The highest BCUT2D eigenvalue weighted by molar-refractivity contribution is 5.77. The van der Waals surface area contributed by atoms with Crippen LogP contribution in [0, 0.1) is 11.8 Å². The molecular formula is C40H52N2O5. The van der Waals surface area contributed by atoms with E-state index in [-0.39, 0.29) is 35.3 Å². The van der Waals surface area contributed by atoms with Gasteiger partial charge in [-0.2, -0.15) is 0 Å². The van der Waals surface area contributed by atoms with Gasteiger partial charge in [0.1, 0.15) is 11.9 Å². The smallest absolute Gasteiger partial charge is 0.308 e. The summed E-state index contributed by atoms with van der Waals surface area (Å²) in [6.45, 7) is 7.96. The summed E-state index contributed by atoms with van der Waals surface area (Å²) in [5, 5.41) is 11.4. The van der Waals surface area contributed by atoms with E-state index >= 15 is 0 Å². The first-order valence-corrected chi connectivity index (χ1v) is 18.3. The average Bonchev–Trinajstić information content (AvgIpc) is 3.41. The number of ether oxygens (including phenoxy) is 2. The molecule has 0 aromatic heterocycles. The van der Waals surface area contributed by atoms with E-state index in [2.05, 4.69) is 46.7 Å². The van der Waals surface area contributed by atoms with Gasteiger partial charge in [0.2, 0.25) is 5.91 Å². The van der Waals surface area contributed by atoms with Crippen LogP contribution in [-0.4, -0.2) is 64.6 Å². The van der Waals surface area contributed by atoms with Crippen LogP contribution < -0.4 is 9.47 Å². The molecule has 2 aliphatic heterocycles. The summed E-state index contributed by atoms with van der Waals surface area (Å²) < 4.78 is 12.8. The van der Waals surface area contributed by atoms with Crippen LogP contribution in [0.4, 0.5) is 0 Å². The Labute approximate surface area is 280 Å². The first kappa shape index (κ1) is 32.2. The van der Waals surface area contributed by atoms with Crippen LogP contribution >= 0.6 is 0 Å². The number of carbonyl (C=O) groups excluding carboxylic acids is 2. The highest BCUT2D eigenvalue weighted by Gasteiger charge is 2.67. The van der Waals surface area contributed by atoms with Crippen molar-refractivity contribution in [3.8, 4) is 17.2 Å². The Hall–Kier alpha value is -3.32. The summed E-state index contributed by atoms with van der Waals surface area (Å²) in [7, 11) is 0. The van der Waals surface area contributed by atoms with Gasteiger partial charge in [-0.25, -0.2) is 0 Å². The van der Waals surface area contributed by atoms with Crippen LogP contribution in [0.1, 0.15) is 101 Å². The van der Waals surface area contributed by atoms with E-state index in [0.29, 0.717) is 29.8 Å². The summed E-state index contributed by atoms with van der Waals surface area (Å²) >= 11 is 0. The zero-order valence-corrected chi connectivity index (χ0v) is 28.1. The van der Waals surface area contributed by atoms with Gasteiger partial charge in [-0.05, 0) is 81.7 Å². The molecule has 7 nitrogen and oxygen atoms in total. The summed E-state index contributed by atoms with van der Waals surface area (Å²) in [4.78, 5) is 31.4. The number of aromatic hydroxyl groups is 1. The number of benzene rings is 2. The van der Waals surface area contributed by atoms with Crippen molar-refractivity contribution in [2.45, 2.75) is 120 Å². The van der Waals surface area contributed by atoms with Gasteiger partial charge >= 0.3 is 5.97 Å². The van der Waals surface area contributed by atoms with E-state index in [4.69, 9.17) is 9.47 Å². The summed E-state index contributed by atoms with van der Waals surface area (Å²) in [5.41, 5.74) is 3.00. The Bertz CT molecular complexity index is 1470. The Morgan fingerprint density at radius 1 is 1.11 bits per heavy atom. The number of phenolic OH excluding ortho intramolecular Hbond substituents is 1. The largest absolute Gasteiger partial charge is 0.508 e. The lowest BCUT2D eigenvalue weighted by Gasteiger charge is -2.60. The van der Waals surface area contributed by atoms with Crippen molar-refractivity contribution in [3.63, 3.8) is 0 Å². The van der Waals surface area contributed by atoms with E-state index in [9.17, 15) is 14.7 Å².